The van der Waals surface area contributed by atoms with Crippen molar-refractivity contribution < 1.29 is 9.59 Å². The van der Waals surface area contributed by atoms with E-state index < -0.39 is 0 Å². The van der Waals surface area contributed by atoms with E-state index >= 15 is 0 Å². The van der Waals surface area contributed by atoms with Crippen molar-refractivity contribution >= 4 is 23.5 Å². The number of hydrogen-bond acceptors (Lipinski definition) is 2. The minimum Gasteiger partial charge on any atom is -0.338 e. The number of hydrogen-bond donors (Lipinski definition) is 2. The van der Waals surface area contributed by atoms with Gasteiger partial charge in [-0.15, -0.1) is 0 Å². The quantitative estimate of drug-likeness (QED) is 0.898. The average molecular weight is 324 g/mol. The van der Waals surface area contributed by atoms with Crippen molar-refractivity contribution in [3.63, 3.8) is 0 Å². The van der Waals surface area contributed by atoms with Gasteiger partial charge in [0, 0.05) is 35.8 Å². The molecule has 0 saturated carbocycles. The number of piperidine rings is 1. The molecule has 1 heterocycles. The third kappa shape index (κ3) is 4.63. The van der Waals surface area contributed by atoms with Gasteiger partial charge in [-0.3, -0.25) is 4.79 Å². The first-order valence-corrected chi connectivity index (χ1v) is 7.95. The number of urea groups is 1. The number of carbonyl (C=O) groups excluding carboxylic acids is 2. The van der Waals surface area contributed by atoms with Crippen molar-refractivity contribution in [2.24, 2.45) is 0 Å². The summed E-state index contributed by atoms with van der Waals surface area (Å²) < 4.78 is 0. The summed E-state index contributed by atoms with van der Waals surface area (Å²) in [5, 5.41) is 6.32. The molecule has 1 fully saturated rings. The fourth-order valence-electron chi connectivity index (χ4n) is 2.52. The zero-order valence-electron chi connectivity index (χ0n) is 12.9. The fraction of sp³-hybridized carbons (Fsp3) is 0.500. The van der Waals surface area contributed by atoms with Crippen molar-refractivity contribution in [1.29, 1.82) is 0 Å². The molecule has 120 valence electrons. The molecule has 0 spiro atoms. The van der Waals surface area contributed by atoms with Gasteiger partial charge in [0.25, 0.3) is 5.91 Å². The van der Waals surface area contributed by atoms with E-state index in [0.29, 0.717) is 23.7 Å². The lowest BCUT2D eigenvalue weighted by Gasteiger charge is -2.32. The van der Waals surface area contributed by atoms with Gasteiger partial charge in [-0.2, -0.15) is 0 Å². The minimum atomic E-state index is -0.144. The zero-order chi connectivity index (χ0) is 16.1. The van der Waals surface area contributed by atoms with Crippen LogP contribution in [0.5, 0.6) is 0 Å². The van der Waals surface area contributed by atoms with E-state index in [-0.39, 0.29) is 24.0 Å². The van der Waals surface area contributed by atoms with Crippen LogP contribution in [0, 0.1) is 0 Å². The van der Waals surface area contributed by atoms with Gasteiger partial charge >= 0.3 is 6.03 Å². The normalized spacial score (nSPS) is 15.7. The van der Waals surface area contributed by atoms with Crippen LogP contribution in [-0.4, -0.2) is 42.0 Å². The van der Waals surface area contributed by atoms with Crippen LogP contribution in [0.25, 0.3) is 0 Å². The molecular weight excluding hydrogens is 302 g/mol. The monoisotopic (exact) mass is 323 g/mol. The first-order chi connectivity index (χ1) is 10.5. The Morgan fingerprint density at radius 3 is 2.55 bits per heavy atom. The second kappa shape index (κ2) is 7.49. The van der Waals surface area contributed by atoms with Crippen LogP contribution in [0.2, 0.25) is 5.02 Å². The molecule has 0 atom stereocenters. The second-order valence-corrected chi connectivity index (χ2v) is 6.29. The molecule has 0 radical (unpaired) electrons. The molecule has 0 aromatic heterocycles. The topological polar surface area (TPSA) is 61.4 Å². The van der Waals surface area contributed by atoms with E-state index in [4.69, 9.17) is 11.6 Å². The molecule has 3 amide bonds. The molecule has 1 aliphatic rings. The van der Waals surface area contributed by atoms with Crippen LogP contribution in [0.1, 0.15) is 37.0 Å². The molecule has 1 aliphatic heterocycles. The average Bonchev–Trinajstić information content (AvgIpc) is 2.46. The van der Waals surface area contributed by atoms with Crippen molar-refractivity contribution in [2.75, 3.05) is 13.1 Å². The van der Waals surface area contributed by atoms with Crippen molar-refractivity contribution in [3.8, 4) is 0 Å². The summed E-state index contributed by atoms with van der Waals surface area (Å²) in [4.78, 5) is 25.9. The number of amides is 3. The molecule has 2 N–H and O–H groups in total. The number of nitrogens with one attached hydrogen (secondary N) is 2. The van der Waals surface area contributed by atoms with Crippen LogP contribution in [0.4, 0.5) is 4.79 Å². The lowest BCUT2D eigenvalue weighted by Crippen LogP contribution is -2.50. The fourth-order valence-corrected chi connectivity index (χ4v) is 2.71. The van der Waals surface area contributed by atoms with E-state index in [1.54, 1.807) is 24.3 Å². The summed E-state index contributed by atoms with van der Waals surface area (Å²) in [7, 11) is 0. The van der Waals surface area contributed by atoms with E-state index in [9.17, 15) is 9.59 Å². The Balaban J connectivity index is 1.84. The maximum Gasteiger partial charge on any atom is 0.315 e. The molecule has 5 nitrogen and oxygen atoms in total. The number of nitrogens with zero attached hydrogens (tertiary/aromatic N) is 1. The lowest BCUT2D eigenvalue weighted by atomic mass is 10.0. The largest absolute Gasteiger partial charge is 0.338 e. The maximum atomic E-state index is 12.4. The van der Waals surface area contributed by atoms with E-state index in [1.807, 2.05) is 18.7 Å². The van der Waals surface area contributed by atoms with Crippen LogP contribution in [0.3, 0.4) is 0 Å². The smallest absolute Gasteiger partial charge is 0.315 e. The summed E-state index contributed by atoms with van der Waals surface area (Å²) >= 11 is 5.92. The third-order valence-corrected chi connectivity index (χ3v) is 3.84. The van der Waals surface area contributed by atoms with Crippen LogP contribution in [0.15, 0.2) is 24.3 Å². The Hall–Kier alpha value is -1.75. The Kier molecular flexibility index (Phi) is 5.66. The van der Waals surface area contributed by atoms with Crippen molar-refractivity contribution in [1.82, 2.24) is 15.5 Å². The summed E-state index contributed by atoms with van der Waals surface area (Å²) in [5.41, 5.74) is 0.608. The summed E-state index contributed by atoms with van der Waals surface area (Å²) in [5.74, 6) is -0.00687. The van der Waals surface area contributed by atoms with Crippen LogP contribution < -0.4 is 10.6 Å². The minimum absolute atomic E-state index is 0.00687. The van der Waals surface area contributed by atoms with Gasteiger partial charge in [0.15, 0.2) is 0 Å². The molecular formula is C16H22ClN3O2. The molecule has 0 aliphatic carbocycles. The van der Waals surface area contributed by atoms with Crippen LogP contribution in [-0.2, 0) is 0 Å². The maximum absolute atomic E-state index is 12.4. The van der Waals surface area contributed by atoms with E-state index in [2.05, 4.69) is 10.6 Å². The number of likely N-dealkylation sites (tertiary alicyclic amines) is 1. The third-order valence-electron chi connectivity index (χ3n) is 3.61. The highest BCUT2D eigenvalue weighted by Crippen LogP contribution is 2.16. The predicted octanol–water partition coefficient (Wildman–Crippen LogP) is 2.65. The van der Waals surface area contributed by atoms with E-state index in [1.165, 1.54) is 0 Å². The number of rotatable bonds is 3. The molecule has 0 unspecified atom stereocenters. The van der Waals surface area contributed by atoms with Gasteiger partial charge in [-0.25, -0.2) is 4.79 Å². The highest BCUT2D eigenvalue weighted by molar-refractivity contribution is 6.30. The molecule has 2 rings (SSSR count). The van der Waals surface area contributed by atoms with Gasteiger partial charge < -0.3 is 15.5 Å². The molecule has 1 saturated heterocycles. The number of halogens is 1. The van der Waals surface area contributed by atoms with Crippen molar-refractivity contribution in [2.45, 2.75) is 38.8 Å². The number of carbonyl (C=O) groups is 2. The second-order valence-electron chi connectivity index (χ2n) is 5.85. The highest BCUT2D eigenvalue weighted by atomic mass is 35.5. The Morgan fingerprint density at radius 2 is 1.95 bits per heavy atom. The Bertz CT molecular complexity index is 540. The predicted molar refractivity (Wildman–Crippen MR) is 87.2 cm³/mol. The molecule has 0 bridgehead atoms. The van der Waals surface area contributed by atoms with Gasteiger partial charge in [-0.05, 0) is 44.9 Å². The van der Waals surface area contributed by atoms with Gasteiger partial charge in [0.1, 0.15) is 0 Å². The Morgan fingerprint density at radius 1 is 1.27 bits per heavy atom. The van der Waals surface area contributed by atoms with Gasteiger partial charge in [-0.1, -0.05) is 17.7 Å². The molecule has 1 aromatic rings. The molecule has 6 heteroatoms. The lowest BCUT2D eigenvalue weighted by molar-refractivity contribution is 0.0708. The van der Waals surface area contributed by atoms with Gasteiger partial charge in [0.05, 0.1) is 0 Å². The van der Waals surface area contributed by atoms with Crippen molar-refractivity contribution in [3.05, 3.63) is 34.9 Å². The summed E-state index contributed by atoms with van der Waals surface area (Å²) in [6.07, 6.45) is 1.52. The number of benzene rings is 1. The summed E-state index contributed by atoms with van der Waals surface area (Å²) in [6.45, 7) is 5.12. The van der Waals surface area contributed by atoms with E-state index in [0.717, 1.165) is 12.8 Å². The zero-order valence-corrected chi connectivity index (χ0v) is 13.7. The summed E-state index contributed by atoms with van der Waals surface area (Å²) in [6, 6.07) is 7.07. The molecule has 22 heavy (non-hydrogen) atoms. The van der Waals surface area contributed by atoms with Crippen LogP contribution >= 0.6 is 11.6 Å². The SMILES string of the molecule is CC(C)NC(=O)NC1CCN(C(=O)c2cccc(Cl)c2)CC1. The highest BCUT2D eigenvalue weighted by Gasteiger charge is 2.24. The van der Waals surface area contributed by atoms with Gasteiger partial charge in [0.2, 0.25) is 0 Å². The Labute approximate surface area is 136 Å². The molecule has 1 aromatic carbocycles. The first kappa shape index (κ1) is 16.6. The standard InChI is InChI=1S/C16H22ClN3O2/c1-11(2)18-16(22)19-14-6-8-20(9-7-14)15(21)12-4-3-5-13(17)10-12/h3-5,10-11,14H,6-9H2,1-2H3,(H2,18,19,22). The first-order valence-electron chi connectivity index (χ1n) is 7.57.